The number of fused-ring (bicyclic) bond motifs is 1. The van der Waals surface area contributed by atoms with Gasteiger partial charge in [-0.05, 0) is 41.1 Å². The van der Waals surface area contributed by atoms with Crippen molar-refractivity contribution in [2.75, 3.05) is 13.2 Å². The molecule has 0 aliphatic rings. The third kappa shape index (κ3) is 5.87. The number of rotatable bonds is 6. The molecule has 3 aromatic rings. The highest BCUT2D eigenvalue weighted by molar-refractivity contribution is 6.11. The van der Waals surface area contributed by atoms with Crippen LogP contribution in [-0.4, -0.2) is 57.5 Å². The van der Waals surface area contributed by atoms with E-state index in [-0.39, 0.29) is 35.5 Å². The molecule has 9 heteroatoms. The number of carbonyl (C=O) groups is 4. The van der Waals surface area contributed by atoms with Gasteiger partial charge in [-0.3, -0.25) is 0 Å². The minimum Gasteiger partial charge on any atom is -0.478 e. The molecule has 0 saturated heterocycles. The Bertz CT molecular complexity index is 1120. The summed E-state index contributed by atoms with van der Waals surface area (Å²) >= 11 is 0. The van der Waals surface area contributed by atoms with E-state index in [1.807, 2.05) is 0 Å². The smallest absolute Gasteiger partial charge is 0.338 e. The molecule has 0 fully saturated rings. The van der Waals surface area contributed by atoms with Crippen molar-refractivity contribution in [2.45, 2.75) is 0 Å². The lowest BCUT2D eigenvalue weighted by atomic mass is 9.99. The summed E-state index contributed by atoms with van der Waals surface area (Å²) in [6.07, 6.45) is 0. The van der Waals surface area contributed by atoms with E-state index in [1.165, 1.54) is 30.3 Å². The summed E-state index contributed by atoms with van der Waals surface area (Å²) in [6.45, 7) is -0.307. The second kappa shape index (κ2) is 10.5. The zero-order chi connectivity index (χ0) is 23.0. The number of esters is 1. The highest BCUT2D eigenvalue weighted by Crippen LogP contribution is 2.22. The van der Waals surface area contributed by atoms with Gasteiger partial charge in [-0.15, -0.1) is 0 Å². The molecular formula is C22H18O9. The lowest BCUT2D eigenvalue weighted by Crippen LogP contribution is -2.09. The minimum absolute atomic E-state index is 0.0699. The molecule has 0 aliphatic heterocycles. The number of aliphatic hydroxyl groups excluding tert-OH is 1. The molecule has 0 aliphatic carbocycles. The van der Waals surface area contributed by atoms with Gasteiger partial charge in [0, 0.05) is 0 Å². The van der Waals surface area contributed by atoms with E-state index in [9.17, 15) is 19.2 Å². The predicted octanol–water partition coefficient (Wildman–Crippen LogP) is 2.77. The van der Waals surface area contributed by atoms with Crippen LogP contribution < -0.4 is 0 Å². The number of hydrogen-bond acceptors (Lipinski definition) is 6. The molecule has 0 radical (unpaired) electrons. The van der Waals surface area contributed by atoms with Gasteiger partial charge in [0.05, 0.1) is 28.9 Å². The molecule has 0 saturated carbocycles. The Morgan fingerprint density at radius 1 is 0.710 bits per heavy atom. The monoisotopic (exact) mass is 426 g/mol. The molecular weight excluding hydrogens is 408 g/mol. The highest BCUT2D eigenvalue weighted by atomic mass is 16.5. The standard InChI is InChI=1S/C12H8O4.C10H10O5/c13-11(14)9-6-5-7-3-1-2-4-8(7)10(9)12(15)16;11-5-6-15-10(14)8-3-1-7(2-4-8)9(12)13/h1-6H,(H,13,14)(H,15,16);1-4,11H,5-6H2,(H,12,13). The van der Waals surface area contributed by atoms with Crippen LogP contribution in [0.1, 0.15) is 41.4 Å². The summed E-state index contributed by atoms with van der Waals surface area (Å²) in [5.41, 5.74) is 0.0129. The molecule has 4 N–H and O–H groups in total. The maximum absolute atomic E-state index is 11.2. The quantitative estimate of drug-likeness (QED) is 0.435. The Labute approximate surface area is 175 Å². The van der Waals surface area contributed by atoms with Gasteiger partial charge < -0.3 is 25.2 Å². The molecule has 0 aromatic heterocycles. The molecule has 3 aromatic carbocycles. The Kier molecular flexibility index (Phi) is 7.81. The van der Waals surface area contributed by atoms with E-state index in [1.54, 1.807) is 30.3 Å². The van der Waals surface area contributed by atoms with E-state index in [0.717, 1.165) is 0 Å². The number of carbonyl (C=O) groups excluding carboxylic acids is 1. The molecule has 0 amide bonds. The number of carboxylic acids is 3. The van der Waals surface area contributed by atoms with Gasteiger partial charge in [0.1, 0.15) is 6.61 Å². The van der Waals surface area contributed by atoms with E-state index >= 15 is 0 Å². The third-order valence-electron chi connectivity index (χ3n) is 4.07. The fourth-order valence-electron chi connectivity index (χ4n) is 2.65. The van der Waals surface area contributed by atoms with Gasteiger partial charge in [-0.1, -0.05) is 30.3 Å². The van der Waals surface area contributed by atoms with Gasteiger partial charge in [0.25, 0.3) is 0 Å². The zero-order valence-corrected chi connectivity index (χ0v) is 16.0. The normalized spacial score (nSPS) is 9.97. The molecule has 0 atom stereocenters. The van der Waals surface area contributed by atoms with Gasteiger partial charge in [-0.25, -0.2) is 19.2 Å². The lowest BCUT2D eigenvalue weighted by Gasteiger charge is -2.05. The Morgan fingerprint density at radius 3 is 1.87 bits per heavy atom. The summed E-state index contributed by atoms with van der Waals surface area (Å²) < 4.78 is 4.64. The maximum Gasteiger partial charge on any atom is 0.338 e. The van der Waals surface area contributed by atoms with E-state index in [0.29, 0.717) is 10.8 Å². The van der Waals surface area contributed by atoms with Gasteiger partial charge in [-0.2, -0.15) is 0 Å². The predicted molar refractivity (Wildman–Crippen MR) is 109 cm³/mol. The van der Waals surface area contributed by atoms with Crippen LogP contribution in [0, 0.1) is 0 Å². The molecule has 0 spiro atoms. The second-order valence-electron chi connectivity index (χ2n) is 6.06. The average Bonchev–Trinajstić information content (AvgIpc) is 2.76. The zero-order valence-electron chi connectivity index (χ0n) is 16.0. The number of benzene rings is 3. The van der Waals surface area contributed by atoms with Crippen molar-refractivity contribution in [2.24, 2.45) is 0 Å². The van der Waals surface area contributed by atoms with Crippen molar-refractivity contribution in [3.63, 3.8) is 0 Å². The second-order valence-corrected chi connectivity index (χ2v) is 6.06. The van der Waals surface area contributed by atoms with Crippen LogP contribution >= 0.6 is 0 Å². The molecule has 0 unspecified atom stereocenters. The van der Waals surface area contributed by atoms with Crippen LogP contribution in [0.2, 0.25) is 0 Å². The van der Waals surface area contributed by atoms with E-state index in [4.69, 9.17) is 20.4 Å². The first kappa shape index (κ1) is 23.0. The highest BCUT2D eigenvalue weighted by Gasteiger charge is 2.18. The van der Waals surface area contributed by atoms with Gasteiger partial charge in [0.15, 0.2) is 0 Å². The fraction of sp³-hybridized carbons (Fsp3) is 0.0909. The number of hydrogen-bond donors (Lipinski definition) is 4. The van der Waals surface area contributed by atoms with E-state index < -0.39 is 23.9 Å². The molecule has 31 heavy (non-hydrogen) atoms. The van der Waals surface area contributed by atoms with Crippen molar-refractivity contribution in [1.29, 1.82) is 0 Å². The first-order valence-electron chi connectivity index (χ1n) is 8.86. The van der Waals surface area contributed by atoms with Crippen molar-refractivity contribution >= 4 is 34.6 Å². The molecule has 0 heterocycles. The topological polar surface area (TPSA) is 158 Å². The number of aromatic carboxylic acids is 3. The SMILES string of the molecule is O=C(O)c1ccc(C(=O)OCCO)cc1.O=C(O)c1ccc2ccccc2c1C(=O)O. The summed E-state index contributed by atoms with van der Waals surface area (Å²) in [7, 11) is 0. The van der Waals surface area contributed by atoms with Crippen molar-refractivity contribution < 1.29 is 44.3 Å². The van der Waals surface area contributed by atoms with Crippen LogP contribution in [0.4, 0.5) is 0 Å². The molecule has 9 nitrogen and oxygen atoms in total. The van der Waals surface area contributed by atoms with Crippen LogP contribution in [0.25, 0.3) is 10.8 Å². The number of ether oxygens (including phenoxy) is 1. The molecule has 160 valence electrons. The van der Waals surface area contributed by atoms with Crippen LogP contribution in [0.3, 0.4) is 0 Å². The van der Waals surface area contributed by atoms with E-state index in [2.05, 4.69) is 4.74 Å². The summed E-state index contributed by atoms with van der Waals surface area (Å²) in [5.74, 6) is -4.09. The third-order valence-corrected chi connectivity index (χ3v) is 4.07. The largest absolute Gasteiger partial charge is 0.478 e. The first-order chi connectivity index (χ1) is 14.8. The lowest BCUT2D eigenvalue weighted by molar-refractivity contribution is 0.0432. The van der Waals surface area contributed by atoms with Crippen molar-refractivity contribution in [1.82, 2.24) is 0 Å². The van der Waals surface area contributed by atoms with Crippen LogP contribution in [-0.2, 0) is 4.74 Å². The Morgan fingerprint density at radius 2 is 1.32 bits per heavy atom. The fourth-order valence-corrected chi connectivity index (χ4v) is 2.65. The molecule has 3 rings (SSSR count). The van der Waals surface area contributed by atoms with Crippen LogP contribution in [0.5, 0.6) is 0 Å². The average molecular weight is 426 g/mol. The van der Waals surface area contributed by atoms with Crippen LogP contribution in [0.15, 0.2) is 60.7 Å². The molecule has 0 bridgehead atoms. The maximum atomic E-state index is 11.2. The Balaban J connectivity index is 0.000000221. The van der Waals surface area contributed by atoms with Crippen molar-refractivity contribution in [3.8, 4) is 0 Å². The van der Waals surface area contributed by atoms with Crippen molar-refractivity contribution in [3.05, 3.63) is 82.9 Å². The Hall–Kier alpha value is -4.24. The minimum atomic E-state index is -1.23. The van der Waals surface area contributed by atoms with Gasteiger partial charge >= 0.3 is 23.9 Å². The number of aliphatic hydroxyl groups is 1. The van der Waals surface area contributed by atoms with Gasteiger partial charge in [0.2, 0.25) is 0 Å². The summed E-state index contributed by atoms with van der Waals surface area (Å²) in [6, 6.07) is 15.1. The summed E-state index contributed by atoms with van der Waals surface area (Å²) in [5, 5.41) is 36.1. The first-order valence-corrected chi connectivity index (χ1v) is 8.86. The summed E-state index contributed by atoms with van der Waals surface area (Å²) in [4.78, 5) is 43.7. The number of carboxylic acid groups (broad SMARTS) is 3.